The molecule has 0 saturated carbocycles. The number of hydrogen-bond donors (Lipinski definition) is 2. The van der Waals surface area contributed by atoms with Gasteiger partial charge in [-0.15, -0.1) is 0 Å². The Bertz CT molecular complexity index is 859. The molecule has 3 rings (SSSR count). The number of thiocarbonyl (C=S) groups is 1. The number of nitro benzene ring substituents is 1. The summed E-state index contributed by atoms with van der Waals surface area (Å²) >= 11 is 11.4. The minimum absolute atomic E-state index is 0.0376. The number of anilines is 2. The quantitative estimate of drug-likeness (QED) is 0.408. The van der Waals surface area contributed by atoms with Gasteiger partial charge in [0.05, 0.1) is 15.6 Å². The number of piperazine rings is 1. The zero-order valence-electron chi connectivity index (χ0n) is 16.2. The van der Waals surface area contributed by atoms with Gasteiger partial charge in [0.15, 0.2) is 5.11 Å². The lowest BCUT2D eigenvalue weighted by atomic mass is 10.2. The highest BCUT2D eigenvalue weighted by Crippen LogP contribution is 2.26. The molecule has 2 aromatic rings. The summed E-state index contributed by atoms with van der Waals surface area (Å²) in [5, 5.41) is 17.8. The van der Waals surface area contributed by atoms with E-state index in [0.29, 0.717) is 28.4 Å². The van der Waals surface area contributed by atoms with Crippen LogP contribution in [-0.4, -0.2) is 53.7 Å². The minimum atomic E-state index is -0.463. The number of para-hydroxylation sites is 1. The Labute approximate surface area is 180 Å². The third-order valence-corrected chi connectivity index (χ3v) is 5.60. The van der Waals surface area contributed by atoms with E-state index in [-0.39, 0.29) is 5.69 Å². The molecule has 0 bridgehead atoms. The fourth-order valence-electron chi connectivity index (χ4n) is 3.32. The molecule has 2 N–H and O–H groups in total. The number of non-ortho nitro benzene ring substituents is 1. The Morgan fingerprint density at radius 2 is 1.90 bits per heavy atom. The molecular formula is C20H24ClN5O2S. The molecule has 0 radical (unpaired) electrons. The molecule has 1 aliphatic rings. The summed E-state index contributed by atoms with van der Waals surface area (Å²) in [6, 6.07) is 15.0. The zero-order chi connectivity index (χ0) is 20.8. The average Bonchev–Trinajstić information content (AvgIpc) is 2.74. The maximum absolute atomic E-state index is 10.9. The van der Waals surface area contributed by atoms with Gasteiger partial charge >= 0.3 is 0 Å². The van der Waals surface area contributed by atoms with Crippen molar-refractivity contribution in [2.24, 2.45) is 0 Å². The normalized spacial score (nSPS) is 15.6. The van der Waals surface area contributed by atoms with Crippen molar-refractivity contribution in [1.29, 1.82) is 0 Å². The van der Waals surface area contributed by atoms with Gasteiger partial charge in [0.2, 0.25) is 0 Å². The predicted molar refractivity (Wildman–Crippen MR) is 122 cm³/mol. The molecule has 1 saturated heterocycles. The number of nitro groups is 1. The summed E-state index contributed by atoms with van der Waals surface area (Å²) in [6.07, 6.45) is 0. The molecule has 1 atom stereocenters. The molecular weight excluding hydrogens is 410 g/mol. The van der Waals surface area contributed by atoms with E-state index in [2.05, 4.69) is 51.6 Å². The second-order valence-corrected chi connectivity index (χ2v) is 7.78. The van der Waals surface area contributed by atoms with Crippen LogP contribution in [0.5, 0.6) is 0 Å². The molecule has 7 nitrogen and oxygen atoms in total. The second kappa shape index (κ2) is 9.87. The molecule has 29 heavy (non-hydrogen) atoms. The Morgan fingerprint density at radius 1 is 1.21 bits per heavy atom. The predicted octanol–water partition coefficient (Wildman–Crippen LogP) is 3.75. The molecule has 0 aromatic heterocycles. The molecule has 2 aromatic carbocycles. The molecule has 0 amide bonds. The van der Waals surface area contributed by atoms with Crippen molar-refractivity contribution in [2.75, 3.05) is 42.9 Å². The van der Waals surface area contributed by atoms with E-state index in [9.17, 15) is 10.1 Å². The van der Waals surface area contributed by atoms with E-state index in [1.807, 2.05) is 6.07 Å². The van der Waals surface area contributed by atoms with E-state index in [4.69, 9.17) is 23.8 Å². The van der Waals surface area contributed by atoms with Crippen LogP contribution in [0.25, 0.3) is 0 Å². The van der Waals surface area contributed by atoms with E-state index in [1.165, 1.54) is 23.9 Å². The topological polar surface area (TPSA) is 73.7 Å². The Morgan fingerprint density at radius 3 is 2.55 bits per heavy atom. The van der Waals surface area contributed by atoms with Gasteiger partial charge in [-0.2, -0.15) is 0 Å². The lowest BCUT2D eigenvalue weighted by Gasteiger charge is -2.39. The Balaban J connectivity index is 1.46. The van der Waals surface area contributed by atoms with Crippen molar-refractivity contribution < 1.29 is 4.92 Å². The van der Waals surface area contributed by atoms with Gasteiger partial charge in [-0.1, -0.05) is 29.8 Å². The van der Waals surface area contributed by atoms with Crippen LogP contribution >= 0.6 is 23.8 Å². The van der Waals surface area contributed by atoms with E-state index in [0.717, 1.165) is 26.2 Å². The summed E-state index contributed by atoms with van der Waals surface area (Å²) in [5.74, 6) is 0. The number of halogens is 1. The van der Waals surface area contributed by atoms with Crippen LogP contribution in [0.3, 0.4) is 0 Å². The lowest BCUT2D eigenvalue weighted by Crippen LogP contribution is -2.52. The highest BCUT2D eigenvalue weighted by atomic mass is 35.5. The van der Waals surface area contributed by atoms with Crippen molar-refractivity contribution in [2.45, 2.75) is 13.0 Å². The van der Waals surface area contributed by atoms with Gasteiger partial charge in [0.1, 0.15) is 0 Å². The average molecular weight is 434 g/mol. The first-order valence-corrected chi connectivity index (χ1v) is 10.3. The number of hydrogen-bond acceptors (Lipinski definition) is 5. The fraction of sp³-hybridized carbons (Fsp3) is 0.350. The molecule has 9 heteroatoms. The molecule has 1 heterocycles. The van der Waals surface area contributed by atoms with Gasteiger partial charge < -0.3 is 15.5 Å². The van der Waals surface area contributed by atoms with Gasteiger partial charge in [-0.25, -0.2) is 0 Å². The van der Waals surface area contributed by atoms with Crippen LogP contribution in [-0.2, 0) is 0 Å². The first kappa shape index (κ1) is 21.3. The highest BCUT2D eigenvalue weighted by molar-refractivity contribution is 7.80. The van der Waals surface area contributed by atoms with Gasteiger partial charge in [0.25, 0.3) is 5.69 Å². The first-order chi connectivity index (χ1) is 13.9. The molecule has 154 valence electrons. The Hall–Kier alpha value is -2.42. The summed E-state index contributed by atoms with van der Waals surface area (Å²) in [4.78, 5) is 15.3. The smallest absolute Gasteiger partial charge is 0.271 e. The third-order valence-electron chi connectivity index (χ3n) is 5.03. The number of benzene rings is 2. The van der Waals surface area contributed by atoms with Crippen LogP contribution in [0.15, 0.2) is 48.5 Å². The highest BCUT2D eigenvalue weighted by Gasteiger charge is 2.21. The first-order valence-electron chi connectivity index (χ1n) is 9.47. The van der Waals surface area contributed by atoms with Crippen LogP contribution in [0.2, 0.25) is 5.02 Å². The van der Waals surface area contributed by atoms with Crippen LogP contribution in [0.1, 0.15) is 6.92 Å². The maximum atomic E-state index is 10.9. The minimum Gasteiger partial charge on any atom is -0.369 e. The largest absolute Gasteiger partial charge is 0.369 e. The number of rotatable bonds is 6. The molecule has 0 aliphatic carbocycles. The van der Waals surface area contributed by atoms with E-state index in [1.54, 1.807) is 0 Å². The fourth-order valence-corrected chi connectivity index (χ4v) is 3.68. The zero-order valence-corrected chi connectivity index (χ0v) is 17.7. The van der Waals surface area contributed by atoms with Gasteiger partial charge in [-0.3, -0.25) is 15.0 Å². The maximum Gasteiger partial charge on any atom is 0.271 e. The van der Waals surface area contributed by atoms with Crippen LogP contribution < -0.4 is 15.5 Å². The monoisotopic (exact) mass is 433 g/mol. The number of nitrogens with zero attached hydrogens (tertiary/aromatic N) is 3. The van der Waals surface area contributed by atoms with Gasteiger partial charge in [0, 0.05) is 56.6 Å². The van der Waals surface area contributed by atoms with E-state index >= 15 is 0 Å². The van der Waals surface area contributed by atoms with Crippen molar-refractivity contribution in [3.05, 3.63) is 63.7 Å². The number of nitrogens with one attached hydrogen (secondary N) is 2. The van der Waals surface area contributed by atoms with E-state index < -0.39 is 4.92 Å². The summed E-state index contributed by atoms with van der Waals surface area (Å²) in [6.45, 7) is 6.77. The second-order valence-electron chi connectivity index (χ2n) is 6.96. The Kier molecular flexibility index (Phi) is 7.24. The summed E-state index contributed by atoms with van der Waals surface area (Å²) in [5.41, 5.74) is 1.64. The molecule has 1 aliphatic heterocycles. The van der Waals surface area contributed by atoms with Crippen molar-refractivity contribution >= 4 is 46.0 Å². The summed E-state index contributed by atoms with van der Waals surface area (Å²) in [7, 11) is 0. The summed E-state index contributed by atoms with van der Waals surface area (Å²) < 4.78 is 0. The van der Waals surface area contributed by atoms with Gasteiger partial charge in [-0.05, 0) is 37.3 Å². The lowest BCUT2D eigenvalue weighted by molar-refractivity contribution is -0.384. The third kappa shape index (κ3) is 5.79. The molecule has 1 unspecified atom stereocenters. The van der Waals surface area contributed by atoms with Crippen LogP contribution in [0, 0.1) is 10.1 Å². The van der Waals surface area contributed by atoms with Crippen LogP contribution in [0.4, 0.5) is 17.1 Å². The standard InChI is InChI=1S/C20H24ClN5O2S/c1-15(24-9-11-25(12-10-24)16-5-3-2-4-6-16)14-22-20(29)23-19-13-17(26(27)28)7-8-18(19)21/h2-8,13,15H,9-12,14H2,1H3,(H2,22,23,29). The van der Waals surface area contributed by atoms with Crippen molar-refractivity contribution in [3.8, 4) is 0 Å². The SMILES string of the molecule is CC(CNC(=S)Nc1cc([N+](=O)[O-])ccc1Cl)N1CCN(c2ccccc2)CC1. The van der Waals surface area contributed by atoms with Crippen molar-refractivity contribution in [3.63, 3.8) is 0 Å². The molecule has 1 fully saturated rings. The van der Waals surface area contributed by atoms with Crippen molar-refractivity contribution in [1.82, 2.24) is 10.2 Å². The molecule has 0 spiro atoms.